The summed E-state index contributed by atoms with van der Waals surface area (Å²) in [5.41, 5.74) is 5.84. The number of fused-ring (bicyclic) bond motifs is 5. The van der Waals surface area contributed by atoms with Crippen molar-refractivity contribution in [2.45, 2.75) is 13.8 Å². The Morgan fingerprint density at radius 2 is 1.87 bits per heavy atom. The number of pyridine rings is 2. The first-order valence-electron chi connectivity index (χ1n) is 10.3. The van der Waals surface area contributed by atoms with Crippen LogP contribution in [0.2, 0.25) is 0 Å². The fourth-order valence-corrected chi connectivity index (χ4v) is 4.24. The molecule has 5 nitrogen and oxygen atoms in total. The van der Waals surface area contributed by atoms with Crippen LogP contribution in [0.1, 0.15) is 22.8 Å². The number of aromatic nitrogens is 2. The normalized spacial score (nSPS) is 11.3. The molecule has 0 saturated heterocycles. The molecular weight excluding hydrogens is 388 g/mol. The van der Waals surface area contributed by atoms with E-state index in [2.05, 4.69) is 0 Å². The average Bonchev–Trinajstić information content (AvgIpc) is 3.15. The van der Waals surface area contributed by atoms with Gasteiger partial charge in [0.2, 0.25) is 0 Å². The second-order valence-corrected chi connectivity index (χ2v) is 7.44. The molecule has 0 saturated carbocycles. The maximum atomic E-state index is 13.1. The van der Waals surface area contributed by atoms with Gasteiger partial charge in [0.15, 0.2) is 0 Å². The van der Waals surface area contributed by atoms with Crippen molar-refractivity contribution in [2.75, 3.05) is 13.7 Å². The van der Waals surface area contributed by atoms with Crippen LogP contribution >= 0.6 is 0 Å². The molecule has 0 radical (unpaired) electrons. The molecule has 5 aromatic rings. The van der Waals surface area contributed by atoms with Crippen LogP contribution in [-0.4, -0.2) is 29.1 Å². The molecule has 3 aromatic heterocycles. The lowest BCUT2D eigenvalue weighted by Crippen LogP contribution is -2.04. The van der Waals surface area contributed by atoms with Crippen LogP contribution in [0.25, 0.3) is 38.6 Å². The second kappa shape index (κ2) is 7.43. The molecule has 5 rings (SSSR count). The van der Waals surface area contributed by atoms with Gasteiger partial charge in [-0.05, 0) is 43.7 Å². The first kappa shape index (κ1) is 19.1. The van der Waals surface area contributed by atoms with Gasteiger partial charge in [-0.3, -0.25) is 0 Å². The quantitative estimate of drug-likeness (QED) is 0.351. The van der Waals surface area contributed by atoms with E-state index >= 15 is 0 Å². The topological polar surface area (TPSA) is 52.8 Å². The van der Waals surface area contributed by atoms with Crippen molar-refractivity contribution in [3.63, 3.8) is 0 Å². The van der Waals surface area contributed by atoms with Crippen molar-refractivity contribution in [3.8, 4) is 17.0 Å². The van der Waals surface area contributed by atoms with Crippen LogP contribution in [0, 0.1) is 6.92 Å². The van der Waals surface area contributed by atoms with E-state index in [-0.39, 0.29) is 5.97 Å². The van der Waals surface area contributed by atoms with E-state index < -0.39 is 0 Å². The lowest BCUT2D eigenvalue weighted by atomic mass is 10.0. The molecule has 0 N–H and O–H groups in total. The van der Waals surface area contributed by atoms with Gasteiger partial charge < -0.3 is 13.9 Å². The molecule has 0 aliphatic carbocycles. The van der Waals surface area contributed by atoms with Crippen molar-refractivity contribution in [1.82, 2.24) is 9.38 Å². The minimum Gasteiger partial charge on any atom is -0.496 e. The largest absolute Gasteiger partial charge is 0.496 e. The zero-order valence-corrected chi connectivity index (χ0v) is 17.7. The van der Waals surface area contributed by atoms with Gasteiger partial charge in [-0.1, -0.05) is 36.4 Å². The van der Waals surface area contributed by atoms with Gasteiger partial charge in [-0.15, -0.1) is 0 Å². The van der Waals surface area contributed by atoms with E-state index in [1.54, 1.807) is 7.11 Å². The molecule has 154 valence electrons. The Labute approximate surface area is 179 Å². The Bertz CT molecular complexity index is 1470. The summed E-state index contributed by atoms with van der Waals surface area (Å²) in [5, 5.41) is 1.77. The van der Waals surface area contributed by atoms with Crippen LogP contribution in [0.5, 0.6) is 5.75 Å². The molecule has 0 amide bonds. The standard InChI is InChI=1S/C26H22N2O3/c1-4-31-26(29)23-20-11-7-8-14-28(20)25-22(23)18-9-5-6-10-19(18)27-24(25)17-13-12-16(2)21(15-17)30-3/h5-15H,4H2,1-3H3. The monoisotopic (exact) mass is 410 g/mol. The molecule has 0 aliphatic rings. The van der Waals surface area contributed by atoms with Crippen LogP contribution < -0.4 is 4.74 Å². The predicted octanol–water partition coefficient (Wildman–Crippen LogP) is 5.80. The third-order valence-electron chi connectivity index (χ3n) is 5.63. The number of methoxy groups -OCH3 is 1. The van der Waals surface area contributed by atoms with E-state index in [1.165, 1.54) is 0 Å². The molecule has 2 aromatic carbocycles. The fourth-order valence-electron chi connectivity index (χ4n) is 4.24. The molecule has 3 heterocycles. The number of benzene rings is 2. The number of aryl methyl sites for hydroxylation is 1. The SMILES string of the molecule is CCOC(=O)c1c2c3ccccc3nc(-c3ccc(C)c(OC)c3)c2n2ccccc12. The highest BCUT2D eigenvalue weighted by molar-refractivity contribution is 6.22. The van der Waals surface area contributed by atoms with Crippen LogP contribution in [0.4, 0.5) is 0 Å². The number of rotatable bonds is 4. The van der Waals surface area contributed by atoms with Gasteiger partial charge in [0, 0.05) is 22.5 Å². The summed E-state index contributed by atoms with van der Waals surface area (Å²) in [6, 6.07) is 19.8. The smallest absolute Gasteiger partial charge is 0.340 e. The van der Waals surface area contributed by atoms with Gasteiger partial charge in [0.1, 0.15) is 5.75 Å². The number of carbonyl (C=O) groups is 1. The van der Waals surface area contributed by atoms with Crippen molar-refractivity contribution in [2.24, 2.45) is 0 Å². The third kappa shape index (κ3) is 2.93. The summed E-state index contributed by atoms with van der Waals surface area (Å²) in [7, 11) is 1.67. The molecule has 0 spiro atoms. The highest BCUT2D eigenvalue weighted by atomic mass is 16.5. The fraction of sp³-hybridized carbons (Fsp3) is 0.154. The van der Waals surface area contributed by atoms with E-state index in [9.17, 15) is 4.79 Å². The summed E-state index contributed by atoms with van der Waals surface area (Å²) < 4.78 is 13.0. The minimum absolute atomic E-state index is 0.315. The van der Waals surface area contributed by atoms with E-state index in [0.717, 1.165) is 49.9 Å². The van der Waals surface area contributed by atoms with Crippen molar-refractivity contribution in [1.29, 1.82) is 0 Å². The summed E-state index contributed by atoms with van der Waals surface area (Å²) >= 11 is 0. The number of nitrogens with zero attached hydrogens (tertiary/aromatic N) is 2. The van der Waals surface area contributed by atoms with E-state index in [0.29, 0.717) is 12.2 Å². The molecule has 0 unspecified atom stereocenters. The highest BCUT2D eigenvalue weighted by Crippen LogP contribution is 2.39. The highest BCUT2D eigenvalue weighted by Gasteiger charge is 2.24. The van der Waals surface area contributed by atoms with E-state index in [4.69, 9.17) is 14.5 Å². The Morgan fingerprint density at radius 3 is 2.68 bits per heavy atom. The number of hydrogen-bond donors (Lipinski definition) is 0. The van der Waals surface area contributed by atoms with Gasteiger partial charge in [0.05, 0.1) is 41.5 Å². The average molecular weight is 410 g/mol. The van der Waals surface area contributed by atoms with Gasteiger partial charge >= 0.3 is 5.97 Å². The zero-order valence-electron chi connectivity index (χ0n) is 17.7. The van der Waals surface area contributed by atoms with Crippen molar-refractivity contribution >= 4 is 33.3 Å². The number of para-hydroxylation sites is 1. The van der Waals surface area contributed by atoms with Gasteiger partial charge in [0.25, 0.3) is 0 Å². The number of hydrogen-bond acceptors (Lipinski definition) is 4. The van der Waals surface area contributed by atoms with Crippen LogP contribution in [0.15, 0.2) is 66.9 Å². The number of carbonyl (C=O) groups excluding carboxylic acids is 1. The summed E-state index contributed by atoms with van der Waals surface area (Å²) in [4.78, 5) is 18.1. The van der Waals surface area contributed by atoms with Gasteiger partial charge in [-0.2, -0.15) is 0 Å². The van der Waals surface area contributed by atoms with Crippen molar-refractivity contribution < 1.29 is 14.3 Å². The Balaban J connectivity index is 2.00. The third-order valence-corrected chi connectivity index (χ3v) is 5.63. The Hall–Kier alpha value is -3.86. The first-order chi connectivity index (χ1) is 15.1. The lowest BCUT2D eigenvalue weighted by Gasteiger charge is -2.11. The predicted molar refractivity (Wildman–Crippen MR) is 123 cm³/mol. The zero-order chi connectivity index (χ0) is 21.5. The van der Waals surface area contributed by atoms with Crippen LogP contribution in [-0.2, 0) is 4.74 Å². The maximum absolute atomic E-state index is 13.1. The minimum atomic E-state index is -0.329. The molecule has 0 fully saturated rings. The van der Waals surface area contributed by atoms with Gasteiger partial charge in [-0.25, -0.2) is 9.78 Å². The molecule has 0 bridgehead atoms. The molecular formula is C26H22N2O3. The lowest BCUT2D eigenvalue weighted by molar-refractivity contribution is 0.0531. The number of ether oxygens (including phenoxy) is 2. The Morgan fingerprint density at radius 1 is 1.06 bits per heavy atom. The van der Waals surface area contributed by atoms with E-state index in [1.807, 2.05) is 85.1 Å². The maximum Gasteiger partial charge on any atom is 0.340 e. The second-order valence-electron chi connectivity index (χ2n) is 7.44. The number of esters is 1. The summed E-state index contributed by atoms with van der Waals surface area (Å²) in [5.74, 6) is 0.470. The molecule has 0 atom stereocenters. The molecule has 5 heteroatoms. The Kier molecular flexibility index (Phi) is 4.59. The summed E-state index contributed by atoms with van der Waals surface area (Å²) in [6.07, 6.45) is 1.96. The molecule has 31 heavy (non-hydrogen) atoms. The van der Waals surface area contributed by atoms with Crippen LogP contribution in [0.3, 0.4) is 0 Å². The first-order valence-corrected chi connectivity index (χ1v) is 10.3. The van der Waals surface area contributed by atoms with Crippen molar-refractivity contribution in [3.05, 3.63) is 78.0 Å². The molecule has 0 aliphatic heterocycles. The summed E-state index contributed by atoms with van der Waals surface area (Å²) in [6.45, 7) is 4.15.